The maximum absolute atomic E-state index is 13.6. The van der Waals surface area contributed by atoms with Crippen molar-refractivity contribution in [3.8, 4) is 0 Å². The normalized spacial score (nSPS) is 25.3. The third-order valence-electron chi connectivity index (χ3n) is 7.99. The van der Waals surface area contributed by atoms with E-state index in [9.17, 15) is 14.4 Å². The summed E-state index contributed by atoms with van der Waals surface area (Å²) in [4.78, 5) is 42.1. The van der Waals surface area contributed by atoms with Crippen LogP contribution in [0.25, 0.3) is 0 Å². The Morgan fingerprint density at radius 1 is 0.914 bits per heavy atom. The minimum Gasteiger partial charge on any atom is -0.333 e. The summed E-state index contributed by atoms with van der Waals surface area (Å²) in [6.45, 7) is 5.84. The summed E-state index contributed by atoms with van der Waals surface area (Å²) in [7, 11) is 0. The van der Waals surface area contributed by atoms with Crippen LogP contribution in [0.5, 0.6) is 0 Å². The molecule has 0 aromatic heterocycles. The van der Waals surface area contributed by atoms with E-state index < -0.39 is 5.54 Å². The molecule has 1 unspecified atom stereocenters. The second-order valence-electron chi connectivity index (χ2n) is 10.8. The Bertz CT molecular complexity index is 896. The number of unbranched alkanes of at least 4 members (excludes halogenated alkanes) is 1. The van der Waals surface area contributed by atoms with Gasteiger partial charge in [-0.3, -0.25) is 9.69 Å². The Balaban J connectivity index is 1.39. The fraction of sp³-hybridized carbons (Fsp3) is 0.679. The van der Waals surface area contributed by atoms with Crippen molar-refractivity contribution in [1.82, 2.24) is 20.4 Å². The van der Waals surface area contributed by atoms with Crippen molar-refractivity contribution in [3.63, 3.8) is 0 Å². The molecule has 7 nitrogen and oxygen atoms in total. The lowest BCUT2D eigenvalue weighted by Crippen LogP contribution is -2.48. The van der Waals surface area contributed by atoms with Crippen molar-refractivity contribution in [2.75, 3.05) is 6.54 Å². The fourth-order valence-electron chi connectivity index (χ4n) is 6.05. The van der Waals surface area contributed by atoms with Gasteiger partial charge in [0.25, 0.3) is 5.91 Å². The molecule has 1 aliphatic carbocycles. The first-order valence-electron chi connectivity index (χ1n) is 13.7. The molecule has 2 saturated heterocycles. The largest absolute Gasteiger partial charge is 0.333 e. The lowest BCUT2D eigenvalue weighted by atomic mass is 9.77. The Kier molecular flexibility index (Phi) is 8.34. The molecule has 5 amide bonds. The van der Waals surface area contributed by atoms with Gasteiger partial charge in [0.2, 0.25) is 0 Å². The van der Waals surface area contributed by atoms with E-state index in [4.69, 9.17) is 0 Å². The molecule has 2 aliphatic heterocycles. The van der Waals surface area contributed by atoms with Gasteiger partial charge in [-0.2, -0.15) is 0 Å². The molecule has 2 atom stereocenters. The molecule has 192 valence electrons. The van der Waals surface area contributed by atoms with E-state index in [0.29, 0.717) is 12.5 Å². The molecule has 0 spiro atoms. The summed E-state index contributed by atoms with van der Waals surface area (Å²) in [5.74, 6) is 0.463. The quantitative estimate of drug-likeness (QED) is 0.418. The van der Waals surface area contributed by atoms with E-state index in [1.165, 1.54) is 24.2 Å². The molecule has 1 aromatic carbocycles. The van der Waals surface area contributed by atoms with Crippen LogP contribution in [0.4, 0.5) is 9.59 Å². The molecular weight excluding hydrogens is 440 g/mol. The first-order chi connectivity index (χ1) is 16.9. The average molecular weight is 483 g/mol. The topological polar surface area (TPSA) is 81.8 Å². The zero-order valence-electron chi connectivity index (χ0n) is 21.5. The molecule has 0 radical (unpaired) electrons. The van der Waals surface area contributed by atoms with Crippen molar-refractivity contribution < 1.29 is 14.4 Å². The average Bonchev–Trinajstić information content (AvgIpc) is 3.31. The molecule has 3 aliphatic rings. The summed E-state index contributed by atoms with van der Waals surface area (Å²) >= 11 is 0. The van der Waals surface area contributed by atoms with E-state index in [1.54, 1.807) is 0 Å². The number of carbonyl (C=O) groups excluding carboxylic acids is 3. The van der Waals surface area contributed by atoms with Crippen LogP contribution in [0, 0.1) is 5.92 Å². The molecule has 2 heterocycles. The maximum Gasteiger partial charge on any atom is 0.325 e. The van der Waals surface area contributed by atoms with Gasteiger partial charge in [-0.05, 0) is 36.3 Å². The molecule has 1 aromatic rings. The zero-order chi connectivity index (χ0) is 24.8. The van der Waals surface area contributed by atoms with Crippen LogP contribution in [0.2, 0.25) is 0 Å². The molecule has 3 fully saturated rings. The maximum atomic E-state index is 13.6. The Morgan fingerprint density at radius 3 is 2.26 bits per heavy atom. The zero-order valence-corrected chi connectivity index (χ0v) is 21.5. The van der Waals surface area contributed by atoms with Gasteiger partial charge in [-0.15, -0.1) is 0 Å². The number of nitrogens with zero attached hydrogens (tertiary/aromatic N) is 2. The van der Waals surface area contributed by atoms with Crippen LogP contribution in [0.1, 0.15) is 95.6 Å². The van der Waals surface area contributed by atoms with Gasteiger partial charge in [0.05, 0.1) is 6.54 Å². The van der Waals surface area contributed by atoms with E-state index in [1.807, 2.05) is 29.2 Å². The number of hydrogen-bond acceptors (Lipinski definition) is 3. The second kappa shape index (κ2) is 11.4. The highest BCUT2D eigenvalue weighted by atomic mass is 16.2. The number of imide groups is 1. The van der Waals surface area contributed by atoms with Crippen molar-refractivity contribution in [3.05, 3.63) is 35.4 Å². The number of benzene rings is 1. The van der Waals surface area contributed by atoms with Crippen LogP contribution in [0.3, 0.4) is 0 Å². The standard InChI is InChI=1S/C28H42N4O3/c1-3-5-16-28(17-21-10-7-6-8-11-21)25(33)32(27(35)30-28)19-23-14-12-22(13-15-23)18-31-20-24(9-4-2)29-26(31)34/h12-15,21,24H,3-11,16-20H2,1-2H3,(H,29,34)(H,30,35)/t24-,28?/m0/s1. The van der Waals surface area contributed by atoms with Gasteiger partial charge >= 0.3 is 12.1 Å². The molecule has 2 N–H and O–H groups in total. The molecule has 0 bridgehead atoms. The number of nitrogens with one attached hydrogen (secondary N) is 2. The van der Waals surface area contributed by atoms with Crippen LogP contribution in [-0.2, 0) is 17.9 Å². The molecular formula is C28H42N4O3. The highest BCUT2D eigenvalue weighted by Gasteiger charge is 2.51. The monoisotopic (exact) mass is 482 g/mol. The number of carbonyl (C=O) groups is 3. The van der Waals surface area contributed by atoms with Gasteiger partial charge in [0, 0.05) is 19.1 Å². The molecule has 7 heteroatoms. The number of rotatable bonds is 11. The van der Waals surface area contributed by atoms with Crippen molar-refractivity contribution >= 4 is 18.0 Å². The second-order valence-corrected chi connectivity index (χ2v) is 10.8. The Labute approximate surface area is 210 Å². The summed E-state index contributed by atoms with van der Waals surface area (Å²) in [5.41, 5.74) is 1.23. The Morgan fingerprint density at radius 2 is 1.60 bits per heavy atom. The molecule has 1 saturated carbocycles. The highest BCUT2D eigenvalue weighted by Crippen LogP contribution is 2.37. The summed E-state index contributed by atoms with van der Waals surface area (Å²) in [5, 5.41) is 6.18. The Hall–Kier alpha value is -2.57. The van der Waals surface area contributed by atoms with Crippen LogP contribution in [0.15, 0.2) is 24.3 Å². The van der Waals surface area contributed by atoms with Gasteiger partial charge < -0.3 is 15.5 Å². The first kappa shape index (κ1) is 25.5. The fourth-order valence-corrected chi connectivity index (χ4v) is 6.05. The van der Waals surface area contributed by atoms with E-state index in [-0.39, 0.29) is 30.6 Å². The summed E-state index contributed by atoms with van der Waals surface area (Å²) in [6.07, 6.45) is 11.5. The first-order valence-corrected chi connectivity index (χ1v) is 13.7. The van der Waals surface area contributed by atoms with Gasteiger partial charge in [-0.1, -0.05) is 89.5 Å². The number of urea groups is 2. The van der Waals surface area contributed by atoms with E-state index >= 15 is 0 Å². The number of hydrogen-bond donors (Lipinski definition) is 2. The van der Waals surface area contributed by atoms with Crippen LogP contribution in [-0.4, -0.2) is 45.9 Å². The minimum absolute atomic E-state index is 0.00625. The SMILES string of the molecule is CCCCC1(CC2CCCCC2)NC(=O)N(Cc2ccc(CN3C[C@H](CCC)NC3=O)cc2)C1=O. The predicted molar refractivity (Wildman–Crippen MR) is 137 cm³/mol. The van der Waals surface area contributed by atoms with Crippen molar-refractivity contribution in [1.29, 1.82) is 0 Å². The van der Waals surface area contributed by atoms with Gasteiger partial charge in [0.15, 0.2) is 0 Å². The predicted octanol–water partition coefficient (Wildman–Crippen LogP) is 5.33. The third-order valence-corrected chi connectivity index (χ3v) is 7.99. The highest BCUT2D eigenvalue weighted by molar-refractivity contribution is 6.07. The lowest BCUT2D eigenvalue weighted by Gasteiger charge is -2.33. The van der Waals surface area contributed by atoms with E-state index in [2.05, 4.69) is 24.5 Å². The smallest absolute Gasteiger partial charge is 0.325 e. The third kappa shape index (κ3) is 5.99. The molecule has 35 heavy (non-hydrogen) atoms. The summed E-state index contributed by atoms with van der Waals surface area (Å²) in [6, 6.07) is 7.91. The summed E-state index contributed by atoms with van der Waals surface area (Å²) < 4.78 is 0. The lowest BCUT2D eigenvalue weighted by molar-refractivity contribution is -0.132. The van der Waals surface area contributed by atoms with Crippen molar-refractivity contribution in [2.24, 2.45) is 5.92 Å². The van der Waals surface area contributed by atoms with Crippen LogP contribution >= 0.6 is 0 Å². The molecule has 4 rings (SSSR count). The minimum atomic E-state index is -0.743. The van der Waals surface area contributed by atoms with Gasteiger partial charge in [-0.25, -0.2) is 9.59 Å². The number of amides is 5. The van der Waals surface area contributed by atoms with Crippen molar-refractivity contribution in [2.45, 2.75) is 109 Å². The van der Waals surface area contributed by atoms with Gasteiger partial charge in [0.1, 0.15) is 5.54 Å². The van der Waals surface area contributed by atoms with E-state index in [0.717, 1.165) is 69.0 Å². The van der Waals surface area contributed by atoms with Crippen LogP contribution < -0.4 is 10.6 Å².